The molecule has 0 spiro atoms. The van der Waals surface area contributed by atoms with Crippen molar-refractivity contribution in [3.8, 4) is 0 Å². The molecule has 2 rings (SSSR count). The second kappa shape index (κ2) is 8.77. The van der Waals surface area contributed by atoms with Crippen molar-refractivity contribution >= 4 is 33.0 Å². The third kappa shape index (κ3) is 4.80. The van der Waals surface area contributed by atoms with E-state index in [0.29, 0.717) is 4.88 Å². The quantitative estimate of drug-likeness (QED) is 0.557. The molecule has 6 nitrogen and oxygen atoms in total. The summed E-state index contributed by atoms with van der Waals surface area (Å²) in [6, 6.07) is 9.98. The normalized spacial score (nSPS) is 12.2. The van der Waals surface area contributed by atoms with Crippen LogP contribution in [0.15, 0.2) is 59.3 Å². The molecule has 2 N–H and O–H groups in total. The lowest BCUT2D eigenvalue weighted by Crippen LogP contribution is -2.42. The lowest BCUT2D eigenvalue weighted by molar-refractivity contribution is -0.139. The van der Waals surface area contributed by atoms with E-state index in [9.17, 15) is 18.0 Å². The van der Waals surface area contributed by atoms with Crippen molar-refractivity contribution in [2.45, 2.75) is 17.1 Å². The zero-order chi connectivity index (χ0) is 19.2. The van der Waals surface area contributed by atoms with Gasteiger partial charge in [-0.1, -0.05) is 29.8 Å². The summed E-state index contributed by atoms with van der Waals surface area (Å²) >= 11 is 1.29. The fourth-order valence-corrected chi connectivity index (χ4v) is 5.03. The Labute approximate surface area is 156 Å². The van der Waals surface area contributed by atoms with Gasteiger partial charge in [0.2, 0.25) is 0 Å². The molecule has 0 aliphatic carbocycles. The van der Waals surface area contributed by atoms with Crippen LogP contribution in [0.4, 0.5) is 0 Å². The van der Waals surface area contributed by atoms with Gasteiger partial charge in [-0.15, -0.1) is 17.9 Å². The van der Waals surface area contributed by atoms with Crippen molar-refractivity contribution in [1.82, 2.24) is 10.6 Å². The van der Waals surface area contributed by atoms with Crippen molar-refractivity contribution in [1.29, 1.82) is 0 Å². The first kappa shape index (κ1) is 19.9. The van der Waals surface area contributed by atoms with Crippen molar-refractivity contribution in [3.05, 3.63) is 64.9 Å². The Balaban J connectivity index is 2.22. The summed E-state index contributed by atoms with van der Waals surface area (Å²) in [6.45, 7) is 5.28. The molecular weight excluding hydrogens is 372 g/mol. The molecule has 0 unspecified atom stereocenters. The first-order valence-electron chi connectivity index (χ1n) is 7.87. The maximum absolute atomic E-state index is 13.0. The number of amides is 2. The minimum absolute atomic E-state index is 0.155. The van der Waals surface area contributed by atoms with Crippen molar-refractivity contribution in [2.24, 2.45) is 0 Å². The molecule has 0 saturated heterocycles. The Morgan fingerprint density at radius 1 is 1.15 bits per heavy atom. The topological polar surface area (TPSA) is 92.3 Å². The molecular formula is C18H20N2O4S2. The van der Waals surface area contributed by atoms with Crippen LogP contribution in [-0.2, 0) is 19.4 Å². The molecule has 1 aromatic heterocycles. The van der Waals surface area contributed by atoms with Gasteiger partial charge in [-0.05, 0) is 30.5 Å². The van der Waals surface area contributed by atoms with E-state index < -0.39 is 26.9 Å². The third-order valence-electron chi connectivity index (χ3n) is 3.65. The first-order chi connectivity index (χ1) is 12.4. The van der Waals surface area contributed by atoms with E-state index in [4.69, 9.17) is 0 Å². The fraction of sp³-hybridized carbons (Fsp3) is 0.222. The molecule has 0 radical (unpaired) electrons. The summed E-state index contributed by atoms with van der Waals surface area (Å²) in [4.78, 5) is 24.3. The number of rotatable bonds is 7. The monoisotopic (exact) mass is 392 g/mol. The standard InChI is InChI=1S/C18H20N2O4S2/c1-3-10-19-17(21)18(22)20-12-16(15-5-4-11-25-15)26(23,24)14-8-6-13(2)7-9-14/h3-9,11,16H,1,10,12H2,2H3,(H,19,21)(H,20,22)/t16-/m0/s1. The van der Waals surface area contributed by atoms with Gasteiger partial charge in [0.25, 0.3) is 0 Å². The summed E-state index contributed by atoms with van der Waals surface area (Å²) in [7, 11) is -3.73. The largest absolute Gasteiger partial charge is 0.346 e. The van der Waals surface area contributed by atoms with E-state index >= 15 is 0 Å². The summed E-state index contributed by atoms with van der Waals surface area (Å²) < 4.78 is 26.1. The highest BCUT2D eigenvalue weighted by molar-refractivity contribution is 7.91. The third-order valence-corrected chi connectivity index (χ3v) is 6.88. The van der Waals surface area contributed by atoms with Gasteiger partial charge in [0, 0.05) is 18.0 Å². The molecule has 138 valence electrons. The Morgan fingerprint density at radius 2 is 1.81 bits per heavy atom. The predicted molar refractivity (Wildman–Crippen MR) is 102 cm³/mol. The molecule has 8 heteroatoms. The molecule has 1 aromatic carbocycles. The predicted octanol–water partition coefficient (Wildman–Crippen LogP) is 1.99. The van der Waals surface area contributed by atoms with Crippen molar-refractivity contribution < 1.29 is 18.0 Å². The summed E-state index contributed by atoms with van der Waals surface area (Å²) in [6.07, 6.45) is 1.45. The average molecular weight is 393 g/mol. The van der Waals surface area contributed by atoms with Crippen LogP contribution in [-0.4, -0.2) is 33.3 Å². The van der Waals surface area contributed by atoms with E-state index in [2.05, 4.69) is 17.2 Å². The molecule has 1 heterocycles. The van der Waals surface area contributed by atoms with Crippen LogP contribution in [0, 0.1) is 6.92 Å². The van der Waals surface area contributed by atoms with Crippen molar-refractivity contribution in [2.75, 3.05) is 13.1 Å². The van der Waals surface area contributed by atoms with Gasteiger partial charge >= 0.3 is 11.8 Å². The molecule has 2 aromatic rings. The number of sulfone groups is 1. The van der Waals surface area contributed by atoms with Gasteiger partial charge < -0.3 is 10.6 Å². The Morgan fingerprint density at radius 3 is 2.38 bits per heavy atom. The zero-order valence-electron chi connectivity index (χ0n) is 14.3. The van der Waals surface area contributed by atoms with Crippen LogP contribution in [0.3, 0.4) is 0 Å². The lowest BCUT2D eigenvalue weighted by atomic mass is 10.2. The first-order valence-corrected chi connectivity index (χ1v) is 10.3. The summed E-state index contributed by atoms with van der Waals surface area (Å²) in [5.74, 6) is -1.71. The van der Waals surface area contributed by atoms with E-state index in [1.807, 2.05) is 6.92 Å². The molecule has 0 aliphatic rings. The highest BCUT2D eigenvalue weighted by atomic mass is 32.2. The lowest BCUT2D eigenvalue weighted by Gasteiger charge is -2.17. The van der Waals surface area contributed by atoms with E-state index in [1.165, 1.54) is 17.4 Å². The number of hydrogen-bond donors (Lipinski definition) is 2. The summed E-state index contributed by atoms with van der Waals surface area (Å²) in [5.41, 5.74) is 0.948. The SMILES string of the molecule is C=CCNC(=O)C(=O)NC[C@@H](c1cccs1)S(=O)(=O)c1ccc(C)cc1. The zero-order valence-corrected chi connectivity index (χ0v) is 15.9. The molecule has 0 aliphatic heterocycles. The Bertz CT molecular complexity index is 872. The van der Waals surface area contributed by atoms with Crippen LogP contribution in [0.2, 0.25) is 0 Å². The van der Waals surface area contributed by atoms with Gasteiger partial charge in [-0.2, -0.15) is 0 Å². The van der Waals surface area contributed by atoms with E-state index in [1.54, 1.807) is 41.8 Å². The van der Waals surface area contributed by atoms with Crippen LogP contribution in [0.25, 0.3) is 0 Å². The minimum Gasteiger partial charge on any atom is -0.346 e. The van der Waals surface area contributed by atoms with E-state index in [-0.39, 0.29) is 18.0 Å². The molecule has 1 atom stereocenters. The maximum Gasteiger partial charge on any atom is 0.309 e. The van der Waals surface area contributed by atoms with Crippen LogP contribution in [0.5, 0.6) is 0 Å². The molecule has 0 fully saturated rings. The van der Waals surface area contributed by atoms with Gasteiger partial charge in [-0.3, -0.25) is 9.59 Å². The molecule has 0 bridgehead atoms. The fourth-order valence-electron chi connectivity index (χ4n) is 2.24. The van der Waals surface area contributed by atoms with Gasteiger partial charge in [-0.25, -0.2) is 8.42 Å². The van der Waals surface area contributed by atoms with Crippen LogP contribution >= 0.6 is 11.3 Å². The number of carbonyl (C=O) groups is 2. The smallest absolute Gasteiger partial charge is 0.309 e. The Kier molecular flexibility index (Phi) is 6.70. The number of benzene rings is 1. The minimum atomic E-state index is -3.73. The van der Waals surface area contributed by atoms with Gasteiger partial charge in [0.15, 0.2) is 9.84 Å². The van der Waals surface area contributed by atoms with Crippen LogP contribution in [0.1, 0.15) is 15.7 Å². The van der Waals surface area contributed by atoms with Crippen molar-refractivity contribution in [3.63, 3.8) is 0 Å². The highest BCUT2D eigenvalue weighted by Gasteiger charge is 2.31. The summed E-state index contributed by atoms with van der Waals surface area (Å²) in [5, 5.41) is 5.56. The molecule has 0 saturated carbocycles. The second-order valence-electron chi connectivity index (χ2n) is 5.57. The van der Waals surface area contributed by atoms with Gasteiger partial charge in [0.05, 0.1) is 4.90 Å². The average Bonchev–Trinajstić information content (AvgIpc) is 3.14. The second-order valence-corrected chi connectivity index (χ2v) is 8.68. The molecule has 2 amide bonds. The number of carbonyl (C=O) groups excluding carboxylic acids is 2. The Hall–Kier alpha value is -2.45. The number of hydrogen-bond acceptors (Lipinski definition) is 5. The number of thiophene rings is 1. The van der Waals surface area contributed by atoms with E-state index in [0.717, 1.165) is 5.56 Å². The number of nitrogens with one attached hydrogen (secondary N) is 2. The van der Waals surface area contributed by atoms with Crippen LogP contribution < -0.4 is 10.6 Å². The molecule has 26 heavy (non-hydrogen) atoms. The maximum atomic E-state index is 13.0. The van der Waals surface area contributed by atoms with Gasteiger partial charge in [0.1, 0.15) is 5.25 Å². The number of aryl methyl sites for hydroxylation is 1. The highest BCUT2D eigenvalue weighted by Crippen LogP contribution is 2.31.